The van der Waals surface area contributed by atoms with Crippen molar-refractivity contribution in [2.75, 3.05) is 5.32 Å². The Labute approximate surface area is 125 Å². The molecular weight excluding hydrogens is 266 g/mol. The summed E-state index contributed by atoms with van der Waals surface area (Å²) >= 11 is 0. The van der Waals surface area contributed by atoms with Gasteiger partial charge in [0.15, 0.2) is 0 Å². The summed E-state index contributed by atoms with van der Waals surface area (Å²) in [6.45, 7) is 5.20. The van der Waals surface area contributed by atoms with E-state index in [1.165, 1.54) is 0 Å². The Balaban J connectivity index is 3.02. The van der Waals surface area contributed by atoms with Gasteiger partial charge in [0.25, 0.3) is 0 Å². The van der Waals surface area contributed by atoms with Gasteiger partial charge in [-0.15, -0.1) is 0 Å². The summed E-state index contributed by atoms with van der Waals surface area (Å²) < 4.78 is 0. The first-order valence-corrected chi connectivity index (χ1v) is 6.99. The molecule has 4 heteroatoms. The minimum atomic E-state index is -1.00. The van der Waals surface area contributed by atoms with E-state index in [1.54, 1.807) is 57.2 Å². The van der Waals surface area contributed by atoms with E-state index in [-0.39, 0.29) is 11.7 Å². The molecule has 1 aromatic rings. The predicted octanol–water partition coefficient (Wildman–Crippen LogP) is 2.86. The lowest BCUT2D eigenvalue weighted by Crippen LogP contribution is -2.37. The maximum absolute atomic E-state index is 12.4. The number of Topliss-reactive ketones (excluding diaryl/α,β-unsaturated/α-hetero) is 1. The van der Waals surface area contributed by atoms with E-state index >= 15 is 0 Å². The molecule has 112 valence electrons. The van der Waals surface area contributed by atoms with Gasteiger partial charge in [-0.25, -0.2) is 0 Å². The third kappa shape index (κ3) is 4.67. The second-order valence-electron chi connectivity index (χ2n) is 5.13. The Morgan fingerprint density at radius 1 is 1.14 bits per heavy atom. The highest BCUT2D eigenvalue weighted by molar-refractivity contribution is 6.09. The number of carbonyl (C=O) groups is 3. The van der Waals surface area contributed by atoms with Crippen LogP contribution in [0.15, 0.2) is 42.5 Å². The van der Waals surface area contributed by atoms with Gasteiger partial charge in [-0.2, -0.15) is 0 Å². The topological polar surface area (TPSA) is 63.2 Å². The van der Waals surface area contributed by atoms with Crippen molar-refractivity contribution in [3.63, 3.8) is 0 Å². The summed E-state index contributed by atoms with van der Waals surface area (Å²) in [6.07, 6.45) is 3.91. The van der Waals surface area contributed by atoms with Crippen molar-refractivity contribution in [2.24, 2.45) is 17.8 Å². The molecule has 0 aliphatic heterocycles. The SMILES string of the molecule is C/C=C/C(C=O)C(C(=O)Nc1ccccc1)C(=O)C(C)C. The Morgan fingerprint density at radius 2 is 1.76 bits per heavy atom. The largest absolute Gasteiger partial charge is 0.325 e. The van der Waals surface area contributed by atoms with Crippen molar-refractivity contribution >= 4 is 23.7 Å². The fourth-order valence-electron chi connectivity index (χ4n) is 2.05. The second-order valence-corrected chi connectivity index (χ2v) is 5.13. The van der Waals surface area contributed by atoms with Crippen molar-refractivity contribution in [2.45, 2.75) is 20.8 Å². The van der Waals surface area contributed by atoms with Gasteiger partial charge in [0, 0.05) is 11.6 Å². The van der Waals surface area contributed by atoms with Crippen LogP contribution in [0.4, 0.5) is 5.69 Å². The number of hydrogen-bond donors (Lipinski definition) is 1. The zero-order valence-electron chi connectivity index (χ0n) is 12.6. The van der Waals surface area contributed by atoms with Crippen LogP contribution in [0.5, 0.6) is 0 Å². The third-order valence-corrected chi connectivity index (χ3v) is 3.16. The van der Waals surface area contributed by atoms with E-state index < -0.39 is 17.7 Å². The van der Waals surface area contributed by atoms with Crippen LogP contribution in [0.1, 0.15) is 20.8 Å². The lowest BCUT2D eigenvalue weighted by atomic mass is 9.84. The van der Waals surface area contributed by atoms with Gasteiger partial charge in [-0.1, -0.05) is 44.2 Å². The highest BCUT2D eigenvalue weighted by atomic mass is 16.2. The summed E-state index contributed by atoms with van der Waals surface area (Å²) in [5.41, 5.74) is 0.606. The minimum Gasteiger partial charge on any atom is -0.325 e. The molecule has 0 aliphatic rings. The number of hydrogen-bond acceptors (Lipinski definition) is 3. The molecule has 2 atom stereocenters. The Kier molecular flexibility index (Phi) is 6.53. The van der Waals surface area contributed by atoms with E-state index in [2.05, 4.69) is 5.32 Å². The molecule has 1 amide bonds. The van der Waals surface area contributed by atoms with Gasteiger partial charge in [-0.3, -0.25) is 9.59 Å². The van der Waals surface area contributed by atoms with Crippen LogP contribution >= 0.6 is 0 Å². The molecule has 1 N–H and O–H groups in total. The van der Waals surface area contributed by atoms with Crippen LogP contribution in [0.3, 0.4) is 0 Å². The quantitative estimate of drug-likeness (QED) is 0.476. The molecule has 0 heterocycles. The molecule has 0 saturated heterocycles. The lowest BCUT2D eigenvalue weighted by Gasteiger charge is -2.20. The van der Waals surface area contributed by atoms with Crippen LogP contribution in [-0.2, 0) is 14.4 Å². The number of carbonyl (C=O) groups excluding carboxylic acids is 3. The van der Waals surface area contributed by atoms with Crippen molar-refractivity contribution < 1.29 is 14.4 Å². The fraction of sp³-hybridized carbons (Fsp3) is 0.353. The predicted molar refractivity (Wildman–Crippen MR) is 82.8 cm³/mol. The third-order valence-electron chi connectivity index (χ3n) is 3.16. The highest BCUT2D eigenvalue weighted by Gasteiger charge is 2.34. The zero-order valence-corrected chi connectivity index (χ0v) is 12.6. The maximum Gasteiger partial charge on any atom is 0.236 e. The summed E-state index contributed by atoms with van der Waals surface area (Å²) in [7, 11) is 0. The molecule has 21 heavy (non-hydrogen) atoms. The van der Waals surface area contributed by atoms with Gasteiger partial charge in [0.05, 0.1) is 5.92 Å². The van der Waals surface area contributed by atoms with Gasteiger partial charge in [0.1, 0.15) is 18.0 Å². The minimum absolute atomic E-state index is 0.237. The Hall–Kier alpha value is -2.23. The van der Waals surface area contributed by atoms with Crippen molar-refractivity contribution in [1.82, 2.24) is 0 Å². The van der Waals surface area contributed by atoms with Crippen LogP contribution in [0, 0.1) is 17.8 Å². The zero-order chi connectivity index (χ0) is 15.8. The van der Waals surface area contributed by atoms with Crippen LogP contribution < -0.4 is 5.32 Å². The number of anilines is 1. The van der Waals surface area contributed by atoms with Crippen molar-refractivity contribution in [3.05, 3.63) is 42.5 Å². The molecule has 0 spiro atoms. The number of nitrogens with one attached hydrogen (secondary N) is 1. The molecule has 0 bridgehead atoms. The fourth-order valence-corrected chi connectivity index (χ4v) is 2.05. The molecule has 0 fully saturated rings. The van der Waals surface area contributed by atoms with E-state index in [1.807, 2.05) is 6.07 Å². The van der Waals surface area contributed by atoms with Crippen molar-refractivity contribution in [1.29, 1.82) is 0 Å². The van der Waals surface area contributed by atoms with Crippen LogP contribution in [-0.4, -0.2) is 18.0 Å². The van der Waals surface area contributed by atoms with E-state index in [0.717, 1.165) is 0 Å². The first kappa shape index (κ1) is 16.8. The van der Waals surface area contributed by atoms with Crippen LogP contribution in [0.2, 0.25) is 0 Å². The maximum atomic E-state index is 12.4. The van der Waals surface area contributed by atoms with Crippen LogP contribution in [0.25, 0.3) is 0 Å². The number of rotatable bonds is 7. The molecule has 1 aromatic carbocycles. The smallest absolute Gasteiger partial charge is 0.236 e. The Morgan fingerprint density at radius 3 is 2.24 bits per heavy atom. The van der Waals surface area contributed by atoms with E-state index in [9.17, 15) is 14.4 Å². The second kappa shape index (κ2) is 8.15. The molecule has 4 nitrogen and oxygen atoms in total. The number of para-hydroxylation sites is 1. The van der Waals surface area contributed by atoms with Gasteiger partial charge in [0.2, 0.25) is 5.91 Å². The van der Waals surface area contributed by atoms with E-state index in [0.29, 0.717) is 12.0 Å². The molecule has 2 unspecified atom stereocenters. The summed E-state index contributed by atoms with van der Waals surface area (Å²) in [5, 5.41) is 2.70. The van der Waals surface area contributed by atoms with Gasteiger partial charge >= 0.3 is 0 Å². The standard InChI is InChI=1S/C17H21NO3/c1-4-8-13(11-19)15(16(20)12(2)3)17(21)18-14-9-6-5-7-10-14/h4-13,15H,1-3H3,(H,18,21)/b8-4+. The molecule has 0 saturated carbocycles. The summed E-state index contributed by atoms with van der Waals surface area (Å²) in [5.74, 6) is -2.74. The Bertz CT molecular complexity index is 520. The number of ketones is 1. The number of allylic oxidation sites excluding steroid dienone is 2. The summed E-state index contributed by atoms with van der Waals surface area (Å²) in [4.78, 5) is 35.9. The first-order chi connectivity index (χ1) is 10.0. The number of aldehydes is 1. The molecule has 1 rings (SSSR count). The number of benzene rings is 1. The van der Waals surface area contributed by atoms with Gasteiger partial charge < -0.3 is 10.1 Å². The van der Waals surface area contributed by atoms with Gasteiger partial charge in [-0.05, 0) is 19.1 Å². The lowest BCUT2D eigenvalue weighted by molar-refractivity contribution is -0.136. The number of amides is 1. The summed E-state index contributed by atoms with van der Waals surface area (Å²) in [6, 6.07) is 8.89. The van der Waals surface area contributed by atoms with E-state index in [4.69, 9.17) is 0 Å². The molecule has 0 aromatic heterocycles. The molecule has 0 radical (unpaired) electrons. The normalized spacial score (nSPS) is 13.9. The highest BCUT2D eigenvalue weighted by Crippen LogP contribution is 2.20. The monoisotopic (exact) mass is 287 g/mol. The average molecular weight is 287 g/mol. The first-order valence-electron chi connectivity index (χ1n) is 6.99. The molecule has 0 aliphatic carbocycles. The van der Waals surface area contributed by atoms with Crippen molar-refractivity contribution in [3.8, 4) is 0 Å². The molecular formula is C17H21NO3. The average Bonchev–Trinajstić information content (AvgIpc) is 2.47.